The van der Waals surface area contributed by atoms with Crippen LogP contribution in [0.2, 0.25) is 0 Å². The molecule has 1 aromatic rings. The second-order valence-electron chi connectivity index (χ2n) is 4.37. The molecule has 1 N–H and O–H groups in total. The number of hydrogen-bond acceptors (Lipinski definition) is 4. The van der Waals surface area contributed by atoms with E-state index in [4.69, 9.17) is 0 Å². The average molecular weight is 315 g/mol. The lowest BCUT2D eigenvalue weighted by atomic mass is 10.3. The van der Waals surface area contributed by atoms with Gasteiger partial charge in [-0.05, 0) is 36.9 Å². The first-order valence-electron chi connectivity index (χ1n) is 5.75. The minimum absolute atomic E-state index is 0.0834. The van der Waals surface area contributed by atoms with Crippen LogP contribution in [0.3, 0.4) is 0 Å². The van der Waals surface area contributed by atoms with Crippen molar-refractivity contribution in [1.29, 1.82) is 0 Å². The standard InChI is InChI=1S/C12H19BrN4O/c1-5-9(2)15-10-8-14-17(7-6-16(3)4)12(18)11(10)13/h5,8-9,15H,1,6-7H2,2-4H3. The number of hydrogen-bond donors (Lipinski definition) is 1. The Labute approximate surface area is 116 Å². The fraction of sp³-hybridized carbons (Fsp3) is 0.500. The van der Waals surface area contributed by atoms with Crippen molar-refractivity contribution in [3.63, 3.8) is 0 Å². The second kappa shape index (κ2) is 6.70. The van der Waals surface area contributed by atoms with Crippen LogP contribution in [0, 0.1) is 0 Å². The number of anilines is 1. The maximum Gasteiger partial charge on any atom is 0.283 e. The third kappa shape index (κ3) is 3.96. The molecule has 1 heterocycles. The zero-order valence-electron chi connectivity index (χ0n) is 11.0. The first-order chi connectivity index (χ1) is 8.45. The molecule has 100 valence electrons. The summed E-state index contributed by atoms with van der Waals surface area (Å²) in [7, 11) is 3.92. The first kappa shape index (κ1) is 14.9. The fourth-order valence-corrected chi connectivity index (χ4v) is 1.75. The molecule has 1 aromatic heterocycles. The SMILES string of the molecule is C=CC(C)Nc1cnn(CCN(C)C)c(=O)c1Br. The van der Waals surface area contributed by atoms with Gasteiger partial charge in [-0.25, -0.2) is 4.68 Å². The van der Waals surface area contributed by atoms with Crippen LogP contribution < -0.4 is 10.9 Å². The maximum atomic E-state index is 12.0. The van der Waals surface area contributed by atoms with Gasteiger partial charge in [0.15, 0.2) is 0 Å². The zero-order valence-corrected chi connectivity index (χ0v) is 12.6. The summed E-state index contributed by atoms with van der Waals surface area (Å²) in [5.74, 6) is 0. The summed E-state index contributed by atoms with van der Waals surface area (Å²) in [6, 6.07) is 0.0834. The molecule has 0 aliphatic heterocycles. The van der Waals surface area contributed by atoms with Crippen LogP contribution in [0.15, 0.2) is 28.1 Å². The molecule has 0 spiro atoms. The topological polar surface area (TPSA) is 50.2 Å². The lowest BCUT2D eigenvalue weighted by Crippen LogP contribution is -2.29. The van der Waals surface area contributed by atoms with Crippen LogP contribution >= 0.6 is 15.9 Å². The predicted octanol–water partition coefficient (Wildman–Crippen LogP) is 1.55. The van der Waals surface area contributed by atoms with Crippen LogP contribution in [0.25, 0.3) is 0 Å². The van der Waals surface area contributed by atoms with Gasteiger partial charge in [0.25, 0.3) is 5.56 Å². The Morgan fingerprint density at radius 1 is 1.67 bits per heavy atom. The monoisotopic (exact) mass is 314 g/mol. The number of nitrogens with zero attached hydrogens (tertiary/aromatic N) is 3. The third-order valence-corrected chi connectivity index (χ3v) is 3.25. The Kier molecular flexibility index (Phi) is 5.55. The van der Waals surface area contributed by atoms with Crippen molar-refractivity contribution >= 4 is 21.6 Å². The van der Waals surface area contributed by atoms with E-state index in [0.717, 1.165) is 6.54 Å². The highest BCUT2D eigenvalue weighted by Gasteiger charge is 2.09. The van der Waals surface area contributed by atoms with Crippen LogP contribution in [-0.2, 0) is 6.54 Å². The maximum absolute atomic E-state index is 12.0. The Morgan fingerprint density at radius 3 is 2.89 bits per heavy atom. The fourth-order valence-electron chi connectivity index (χ4n) is 1.32. The van der Waals surface area contributed by atoms with E-state index in [9.17, 15) is 4.79 Å². The number of halogens is 1. The molecular formula is C12H19BrN4O. The smallest absolute Gasteiger partial charge is 0.283 e. The molecule has 0 saturated heterocycles. The number of likely N-dealkylation sites (N-methyl/N-ethyl adjacent to an activating group) is 1. The van der Waals surface area contributed by atoms with Gasteiger partial charge in [0.1, 0.15) is 4.47 Å². The van der Waals surface area contributed by atoms with Crippen molar-refractivity contribution in [3.05, 3.63) is 33.7 Å². The van der Waals surface area contributed by atoms with Gasteiger partial charge in [-0.1, -0.05) is 6.08 Å². The van der Waals surface area contributed by atoms with Crippen LogP contribution in [-0.4, -0.2) is 41.4 Å². The summed E-state index contributed by atoms with van der Waals surface area (Å²) in [5.41, 5.74) is 0.562. The molecule has 0 aliphatic rings. The summed E-state index contributed by atoms with van der Waals surface area (Å²) < 4.78 is 1.96. The van der Waals surface area contributed by atoms with Crippen molar-refractivity contribution in [2.24, 2.45) is 0 Å². The highest BCUT2D eigenvalue weighted by molar-refractivity contribution is 9.10. The summed E-state index contributed by atoms with van der Waals surface area (Å²) in [4.78, 5) is 14.0. The van der Waals surface area contributed by atoms with Gasteiger partial charge in [-0.15, -0.1) is 6.58 Å². The van der Waals surface area contributed by atoms with Crippen molar-refractivity contribution in [2.45, 2.75) is 19.5 Å². The van der Waals surface area contributed by atoms with Gasteiger partial charge < -0.3 is 10.2 Å². The molecule has 0 aromatic carbocycles. The number of nitrogens with one attached hydrogen (secondary N) is 1. The minimum atomic E-state index is -0.127. The molecule has 6 heteroatoms. The summed E-state index contributed by atoms with van der Waals surface area (Å²) in [6.45, 7) is 6.99. The number of rotatable bonds is 6. The lowest BCUT2D eigenvalue weighted by Gasteiger charge is -2.14. The molecule has 0 radical (unpaired) electrons. The summed E-state index contributed by atoms with van der Waals surface area (Å²) >= 11 is 3.31. The molecular weight excluding hydrogens is 296 g/mol. The Bertz CT molecular complexity index is 470. The van der Waals surface area contributed by atoms with Crippen molar-refractivity contribution in [1.82, 2.24) is 14.7 Å². The van der Waals surface area contributed by atoms with Gasteiger partial charge >= 0.3 is 0 Å². The molecule has 1 rings (SSSR count). The average Bonchev–Trinajstić information content (AvgIpc) is 2.33. The Balaban J connectivity index is 2.91. The normalized spacial score (nSPS) is 12.5. The van der Waals surface area contributed by atoms with Crippen molar-refractivity contribution < 1.29 is 0 Å². The van der Waals surface area contributed by atoms with Crippen LogP contribution in [0.1, 0.15) is 6.92 Å². The van der Waals surface area contributed by atoms with Gasteiger partial charge in [0.2, 0.25) is 0 Å². The Hall–Kier alpha value is -1.14. The lowest BCUT2D eigenvalue weighted by molar-refractivity contribution is 0.367. The van der Waals surface area contributed by atoms with Gasteiger partial charge in [0.05, 0.1) is 18.4 Å². The largest absolute Gasteiger partial charge is 0.377 e. The number of aromatic nitrogens is 2. The van der Waals surface area contributed by atoms with E-state index in [2.05, 4.69) is 32.9 Å². The molecule has 0 aliphatic carbocycles. The van der Waals surface area contributed by atoms with E-state index in [1.165, 1.54) is 4.68 Å². The quantitative estimate of drug-likeness (QED) is 0.810. The van der Waals surface area contributed by atoms with Gasteiger partial charge in [0, 0.05) is 12.6 Å². The van der Waals surface area contributed by atoms with Gasteiger partial charge in [-0.3, -0.25) is 4.79 Å². The van der Waals surface area contributed by atoms with Crippen molar-refractivity contribution in [3.8, 4) is 0 Å². The molecule has 0 fully saturated rings. The zero-order chi connectivity index (χ0) is 13.7. The van der Waals surface area contributed by atoms with E-state index < -0.39 is 0 Å². The first-order valence-corrected chi connectivity index (χ1v) is 6.54. The van der Waals surface area contributed by atoms with E-state index in [1.807, 2.05) is 25.9 Å². The molecule has 0 saturated carbocycles. The highest BCUT2D eigenvalue weighted by atomic mass is 79.9. The molecule has 1 unspecified atom stereocenters. The highest BCUT2D eigenvalue weighted by Crippen LogP contribution is 2.17. The molecule has 1 atom stereocenters. The van der Waals surface area contributed by atoms with E-state index >= 15 is 0 Å². The molecule has 0 amide bonds. The minimum Gasteiger partial charge on any atom is -0.377 e. The Morgan fingerprint density at radius 2 is 2.33 bits per heavy atom. The summed E-state index contributed by atoms with van der Waals surface area (Å²) in [6.07, 6.45) is 3.42. The predicted molar refractivity (Wildman–Crippen MR) is 78.0 cm³/mol. The molecule has 0 bridgehead atoms. The van der Waals surface area contributed by atoms with Crippen molar-refractivity contribution in [2.75, 3.05) is 26.0 Å². The van der Waals surface area contributed by atoms with E-state index in [1.54, 1.807) is 12.3 Å². The summed E-state index contributed by atoms with van der Waals surface area (Å²) in [5, 5.41) is 7.29. The third-order valence-electron chi connectivity index (χ3n) is 2.48. The van der Waals surface area contributed by atoms with Crippen LogP contribution in [0.4, 0.5) is 5.69 Å². The van der Waals surface area contributed by atoms with E-state index in [0.29, 0.717) is 16.7 Å². The molecule has 18 heavy (non-hydrogen) atoms. The van der Waals surface area contributed by atoms with Crippen LogP contribution in [0.5, 0.6) is 0 Å². The molecule has 5 nitrogen and oxygen atoms in total. The van der Waals surface area contributed by atoms with Gasteiger partial charge in [-0.2, -0.15) is 5.10 Å². The van der Waals surface area contributed by atoms with E-state index in [-0.39, 0.29) is 11.6 Å². The second-order valence-corrected chi connectivity index (χ2v) is 5.17.